The Bertz CT molecular complexity index is 706. The van der Waals surface area contributed by atoms with Gasteiger partial charge < -0.3 is 9.31 Å². The minimum atomic E-state index is -0.330. The lowest BCUT2D eigenvalue weighted by atomic mass is 9.70. The second kappa shape index (κ2) is 6.97. The highest BCUT2D eigenvalue weighted by Crippen LogP contribution is 2.37. The van der Waals surface area contributed by atoms with Crippen LogP contribution in [0.1, 0.15) is 53.0 Å². The molecule has 1 aliphatic heterocycles. The van der Waals surface area contributed by atoms with Crippen LogP contribution in [0.25, 0.3) is 11.1 Å². The molecule has 0 aromatic heterocycles. The first-order valence-electron chi connectivity index (χ1n) is 9.38. The van der Waals surface area contributed by atoms with E-state index in [2.05, 4.69) is 83.1 Å². The van der Waals surface area contributed by atoms with Crippen molar-refractivity contribution in [3.63, 3.8) is 0 Å². The van der Waals surface area contributed by atoms with Gasteiger partial charge in [0.05, 0.1) is 11.2 Å². The Labute approximate surface area is 152 Å². The summed E-state index contributed by atoms with van der Waals surface area (Å²) in [5.41, 5.74) is 4.30. The van der Waals surface area contributed by atoms with Crippen LogP contribution in [0.15, 0.2) is 48.5 Å². The van der Waals surface area contributed by atoms with Crippen molar-refractivity contribution in [3.8, 4) is 11.1 Å². The summed E-state index contributed by atoms with van der Waals surface area (Å²) in [6.07, 6.45) is 3.40. The lowest BCUT2D eigenvalue weighted by Crippen LogP contribution is -2.41. The zero-order chi connectivity index (χ0) is 18.1. The molecule has 0 amide bonds. The second-order valence-corrected chi connectivity index (χ2v) is 7.94. The molecule has 0 radical (unpaired) electrons. The molecule has 2 aromatic carbocycles. The summed E-state index contributed by atoms with van der Waals surface area (Å²) in [5.74, 6) is 0. The van der Waals surface area contributed by atoms with E-state index in [0.717, 1.165) is 6.42 Å². The molecule has 0 saturated carbocycles. The summed E-state index contributed by atoms with van der Waals surface area (Å²) in [7, 11) is -0.326. The number of benzene rings is 2. The number of hydrogen-bond donors (Lipinski definition) is 0. The fourth-order valence-electron chi connectivity index (χ4n) is 3.31. The predicted molar refractivity (Wildman–Crippen MR) is 106 cm³/mol. The SMILES string of the molecule is CCCCc1cccc(-c2ccccc2)c1B1OC(C)(C)C(C)(C)O1. The van der Waals surface area contributed by atoms with Crippen LogP contribution in [0.4, 0.5) is 0 Å². The van der Waals surface area contributed by atoms with E-state index in [4.69, 9.17) is 9.31 Å². The fourth-order valence-corrected chi connectivity index (χ4v) is 3.31. The van der Waals surface area contributed by atoms with Gasteiger partial charge in [0.1, 0.15) is 0 Å². The summed E-state index contributed by atoms with van der Waals surface area (Å²) in [6, 6.07) is 17.1. The van der Waals surface area contributed by atoms with Gasteiger partial charge in [-0.05, 0) is 62.7 Å². The van der Waals surface area contributed by atoms with Crippen LogP contribution in [-0.4, -0.2) is 18.3 Å². The molecule has 3 heteroatoms. The van der Waals surface area contributed by atoms with Crippen LogP contribution in [0.2, 0.25) is 0 Å². The topological polar surface area (TPSA) is 18.5 Å². The number of aryl methyl sites for hydroxylation is 1. The van der Waals surface area contributed by atoms with Crippen molar-refractivity contribution in [2.24, 2.45) is 0 Å². The van der Waals surface area contributed by atoms with E-state index in [9.17, 15) is 0 Å². The first-order chi connectivity index (χ1) is 11.9. The standard InChI is InChI=1S/C22H29BO2/c1-6-7-12-18-15-11-16-19(17-13-9-8-10-14-17)20(18)23-24-21(2,3)22(4,5)25-23/h8-11,13-16H,6-7,12H2,1-5H3. The van der Waals surface area contributed by atoms with Crippen molar-refractivity contribution in [1.29, 1.82) is 0 Å². The highest BCUT2D eigenvalue weighted by Gasteiger charge is 2.52. The van der Waals surface area contributed by atoms with E-state index >= 15 is 0 Å². The van der Waals surface area contributed by atoms with E-state index in [1.54, 1.807) is 0 Å². The zero-order valence-corrected chi connectivity index (χ0v) is 16.1. The highest BCUT2D eigenvalue weighted by molar-refractivity contribution is 6.64. The summed E-state index contributed by atoms with van der Waals surface area (Å²) in [4.78, 5) is 0. The van der Waals surface area contributed by atoms with Crippen molar-refractivity contribution < 1.29 is 9.31 Å². The minimum absolute atomic E-state index is 0.326. The average Bonchev–Trinajstić information content (AvgIpc) is 2.81. The van der Waals surface area contributed by atoms with Crippen LogP contribution in [0, 0.1) is 0 Å². The van der Waals surface area contributed by atoms with Crippen molar-refractivity contribution in [3.05, 3.63) is 54.1 Å². The van der Waals surface area contributed by atoms with E-state index in [-0.39, 0.29) is 18.3 Å². The molecule has 3 rings (SSSR count). The van der Waals surface area contributed by atoms with E-state index in [1.165, 1.54) is 35.0 Å². The van der Waals surface area contributed by atoms with Crippen molar-refractivity contribution in [2.45, 2.75) is 65.1 Å². The first-order valence-corrected chi connectivity index (χ1v) is 9.38. The van der Waals surface area contributed by atoms with Gasteiger partial charge in [0, 0.05) is 0 Å². The smallest absolute Gasteiger partial charge is 0.399 e. The Morgan fingerprint density at radius 2 is 1.48 bits per heavy atom. The van der Waals surface area contributed by atoms with E-state index in [0.29, 0.717) is 0 Å². The van der Waals surface area contributed by atoms with E-state index in [1.807, 2.05) is 0 Å². The van der Waals surface area contributed by atoms with Gasteiger partial charge >= 0.3 is 7.12 Å². The van der Waals surface area contributed by atoms with Gasteiger partial charge in [-0.2, -0.15) is 0 Å². The average molecular weight is 336 g/mol. The molecule has 132 valence electrons. The molecule has 0 spiro atoms. The van der Waals surface area contributed by atoms with Crippen LogP contribution in [0.3, 0.4) is 0 Å². The fraction of sp³-hybridized carbons (Fsp3) is 0.455. The Balaban J connectivity index is 2.09. The van der Waals surface area contributed by atoms with Crippen LogP contribution >= 0.6 is 0 Å². The third-order valence-electron chi connectivity index (χ3n) is 5.57. The largest absolute Gasteiger partial charge is 0.495 e. The normalized spacial score (nSPS) is 18.5. The third kappa shape index (κ3) is 3.54. The molecule has 1 fully saturated rings. The van der Waals surface area contributed by atoms with Gasteiger partial charge in [0.2, 0.25) is 0 Å². The lowest BCUT2D eigenvalue weighted by molar-refractivity contribution is 0.00578. The second-order valence-electron chi connectivity index (χ2n) is 7.94. The molecule has 0 aliphatic carbocycles. The maximum absolute atomic E-state index is 6.41. The van der Waals surface area contributed by atoms with Gasteiger partial charge in [0.25, 0.3) is 0 Å². The van der Waals surface area contributed by atoms with Gasteiger partial charge in [-0.15, -0.1) is 0 Å². The molecule has 1 saturated heterocycles. The number of hydrogen-bond acceptors (Lipinski definition) is 2. The summed E-state index contributed by atoms with van der Waals surface area (Å²) >= 11 is 0. The van der Waals surface area contributed by atoms with Crippen molar-refractivity contribution >= 4 is 12.6 Å². The molecule has 0 bridgehead atoms. The zero-order valence-electron chi connectivity index (χ0n) is 16.1. The monoisotopic (exact) mass is 336 g/mol. The quantitative estimate of drug-likeness (QED) is 0.716. The Morgan fingerprint density at radius 3 is 2.08 bits per heavy atom. The molecule has 0 unspecified atom stereocenters. The minimum Gasteiger partial charge on any atom is -0.399 e. The van der Waals surface area contributed by atoms with Crippen molar-refractivity contribution in [1.82, 2.24) is 0 Å². The summed E-state index contributed by atoms with van der Waals surface area (Å²) in [5, 5.41) is 0. The third-order valence-corrected chi connectivity index (χ3v) is 5.57. The predicted octanol–water partition coefficient (Wildman–Crippen LogP) is 5.00. The Morgan fingerprint density at radius 1 is 0.840 bits per heavy atom. The molecular weight excluding hydrogens is 307 g/mol. The van der Waals surface area contributed by atoms with Crippen LogP contribution < -0.4 is 5.46 Å². The van der Waals surface area contributed by atoms with Crippen LogP contribution in [0.5, 0.6) is 0 Å². The molecule has 25 heavy (non-hydrogen) atoms. The Kier molecular flexibility index (Phi) is 5.08. The molecule has 1 aliphatic rings. The van der Waals surface area contributed by atoms with Gasteiger partial charge in [-0.1, -0.05) is 61.9 Å². The van der Waals surface area contributed by atoms with Gasteiger partial charge in [-0.3, -0.25) is 0 Å². The maximum Gasteiger partial charge on any atom is 0.495 e. The molecule has 0 N–H and O–H groups in total. The van der Waals surface area contributed by atoms with Crippen molar-refractivity contribution in [2.75, 3.05) is 0 Å². The van der Waals surface area contributed by atoms with Gasteiger partial charge in [-0.25, -0.2) is 0 Å². The maximum atomic E-state index is 6.41. The summed E-state index contributed by atoms with van der Waals surface area (Å²) in [6.45, 7) is 10.7. The lowest BCUT2D eigenvalue weighted by Gasteiger charge is -2.32. The van der Waals surface area contributed by atoms with E-state index < -0.39 is 0 Å². The first kappa shape index (κ1) is 18.2. The Hall–Kier alpha value is -1.58. The van der Waals surface area contributed by atoms with Crippen LogP contribution in [-0.2, 0) is 15.7 Å². The molecule has 0 atom stereocenters. The number of unbranched alkanes of at least 4 members (excludes halogenated alkanes) is 1. The molecule has 1 heterocycles. The molecule has 2 aromatic rings. The summed E-state index contributed by atoms with van der Waals surface area (Å²) < 4.78 is 12.8. The number of rotatable bonds is 5. The van der Waals surface area contributed by atoms with Gasteiger partial charge in [0.15, 0.2) is 0 Å². The molecule has 2 nitrogen and oxygen atoms in total. The highest BCUT2D eigenvalue weighted by atomic mass is 16.7. The molecular formula is C22H29BO2.